The van der Waals surface area contributed by atoms with Crippen LogP contribution in [0.1, 0.15) is 37.8 Å². The zero-order chi connectivity index (χ0) is 13.8. The molecule has 0 amide bonds. The molecule has 1 aromatic carbocycles. The third-order valence-electron chi connectivity index (χ3n) is 3.81. The van der Waals surface area contributed by atoms with Crippen LogP contribution >= 0.6 is 15.9 Å². The molecule has 1 saturated heterocycles. The summed E-state index contributed by atoms with van der Waals surface area (Å²) < 4.78 is 6.47. The van der Waals surface area contributed by atoms with Crippen molar-refractivity contribution in [3.8, 4) is 5.75 Å². The summed E-state index contributed by atoms with van der Waals surface area (Å²) in [5.74, 6) is 0.896. The summed E-state index contributed by atoms with van der Waals surface area (Å²) in [6, 6.07) is 6.63. The Kier molecular flexibility index (Phi) is 5.25. The number of benzene rings is 1. The lowest BCUT2D eigenvalue weighted by molar-refractivity contribution is 0.128. The van der Waals surface area contributed by atoms with Crippen LogP contribution in [0.2, 0.25) is 0 Å². The molecule has 1 aromatic rings. The van der Waals surface area contributed by atoms with Crippen LogP contribution in [0.15, 0.2) is 22.7 Å². The van der Waals surface area contributed by atoms with Crippen LogP contribution in [-0.4, -0.2) is 31.1 Å². The molecule has 1 fully saturated rings. The minimum absolute atomic E-state index is 0.198. The Balaban J connectivity index is 2.34. The van der Waals surface area contributed by atoms with Gasteiger partial charge in [0.25, 0.3) is 0 Å². The molecule has 3 nitrogen and oxygen atoms in total. The first-order chi connectivity index (χ1) is 9.17. The SMILES string of the molecule is CCCN1CCCC(N)C1c1cc(OC)ccc1Br. The maximum Gasteiger partial charge on any atom is 0.119 e. The van der Waals surface area contributed by atoms with Crippen LogP contribution in [0.4, 0.5) is 0 Å². The number of piperidine rings is 1. The maximum atomic E-state index is 6.39. The zero-order valence-corrected chi connectivity index (χ0v) is 13.3. The van der Waals surface area contributed by atoms with Crippen LogP contribution in [0.25, 0.3) is 0 Å². The molecular formula is C15H23BrN2O. The minimum Gasteiger partial charge on any atom is -0.497 e. The van der Waals surface area contributed by atoms with E-state index in [0.717, 1.165) is 36.2 Å². The minimum atomic E-state index is 0.198. The van der Waals surface area contributed by atoms with Crippen molar-refractivity contribution in [1.82, 2.24) is 4.90 Å². The molecule has 0 aliphatic carbocycles. The molecule has 2 atom stereocenters. The average Bonchev–Trinajstić information content (AvgIpc) is 2.41. The molecule has 1 heterocycles. The van der Waals surface area contributed by atoms with E-state index < -0.39 is 0 Å². The van der Waals surface area contributed by atoms with Crippen LogP contribution in [0, 0.1) is 0 Å². The summed E-state index contributed by atoms with van der Waals surface area (Å²) >= 11 is 3.66. The molecule has 4 heteroatoms. The summed E-state index contributed by atoms with van der Waals surface area (Å²) in [6.07, 6.45) is 3.44. The van der Waals surface area contributed by atoms with Gasteiger partial charge in [0, 0.05) is 10.5 Å². The third-order valence-corrected chi connectivity index (χ3v) is 4.54. The topological polar surface area (TPSA) is 38.5 Å². The Morgan fingerprint density at radius 1 is 1.47 bits per heavy atom. The monoisotopic (exact) mass is 326 g/mol. The molecule has 1 aliphatic heterocycles. The van der Waals surface area contributed by atoms with Crippen molar-refractivity contribution in [3.63, 3.8) is 0 Å². The largest absolute Gasteiger partial charge is 0.497 e. The van der Waals surface area contributed by atoms with E-state index in [0.29, 0.717) is 0 Å². The first-order valence-electron chi connectivity index (χ1n) is 7.00. The lowest BCUT2D eigenvalue weighted by atomic mass is 9.90. The van der Waals surface area contributed by atoms with E-state index in [1.165, 1.54) is 12.0 Å². The van der Waals surface area contributed by atoms with Crippen LogP contribution in [0.3, 0.4) is 0 Å². The lowest BCUT2D eigenvalue weighted by Crippen LogP contribution is -2.46. The van der Waals surface area contributed by atoms with Crippen molar-refractivity contribution in [2.24, 2.45) is 5.73 Å². The summed E-state index contributed by atoms with van der Waals surface area (Å²) in [5.41, 5.74) is 7.64. The molecule has 2 unspecified atom stereocenters. The standard InChI is InChI=1S/C15H23BrN2O/c1-3-8-18-9-4-5-14(17)15(18)12-10-11(19-2)6-7-13(12)16/h6-7,10,14-15H,3-5,8-9,17H2,1-2H3. The van der Waals surface area contributed by atoms with E-state index in [1.807, 2.05) is 6.07 Å². The van der Waals surface area contributed by atoms with Gasteiger partial charge in [0.2, 0.25) is 0 Å². The zero-order valence-electron chi connectivity index (χ0n) is 11.7. The number of hydrogen-bond acceptors (Lipinski definition) is 3. The van der Waals surface area contributed by atoms with Gasteiger partial charge in [-0.05, 0) is 56.1 Å². The van der Waals surface area contributed by atoms with Crippen LogP contribution in [0.5, 0.6) is 5.75 Å². The Bertz CT molecular complexity index is 423. The Labute approximate surface area is 124 Å². The number of ether oxygens (including phenoxy) is 1. The fourth-order valence-electron chi connectivity index (χ4n) is 2.94. The first-order valence-corrected chi connectivity index (χ1v) is 7.79. The van der Waals surface area contributed by atoms with Crippen molar-refractivity contribution in [2.75, 3.05) is 20.2 Å². The van der Waals surface area contributed by atoms with Gasteiger partial charge in [-0.1, -0.05) is 22.9 Å². The highest BCUT2D eigenvalue weighted by Gasteiger charge is 2.31. The quantitative estimate of drug-likeness (QED) is 0.922. The van der Waals surface area contributed by atoms with Crippen molar-refractivity contribution >= 4 is 15.9 Å². The van der Waals surface area contributed by atoms with E-state index in [1.54, 1.807) is 7.11 Å². The Morgan fingerprint density at radius 2 is 2.26 bits per heavy atom. The molecule has 0 bridgehead atoms. The van der Waals surface area contributed by atoms with Gasteiger partial charge in [0.05, 0.1) is 13.2 Å². The second-order valence-electron chi connectivity index (χ2n) is 5.17. The number of likely N-dealkylation sites (tertiary alicyclic amines) is 1. The van der Waals surface area contributed by atoms with Crippen molar-refractivity contribution in [1.29, 1.82) is 0 Å². The van der Waals surface area contributed by atoms with Gasteiger partial charge in [-0.2, -0.15) is 0 Å². The molecular weight excluding hydrogens is 304 g/mol. The number of nitrogens with two attached hydrogens (primary N) is 1. The third kappa shape index (κ3) is 3.30. The second kappa shape index (κ2) is 6.73. The number of methoxy groups -OCH3 is 1. The van der Waals surface area contributed by atoms with Crippen molar-refractivity contribution in [3.05, 3.63) is 28.2 Å². The molecule has 19 heavy (non-hydrogen) atoms. The van der Waals surface area contributed by atoms with E-state index >= 15 is 0 Å². The highest BCUT2D eigenvalue weighted by Crippen LogP contribution is 2.36. The van der Waals surface area contributed by atoms with Crippen LogP contribution < -0.4 is 10.5 Å². The van der Waals surface area contributed by atoms with Gasteiger partial charge in [-0.25, -0.2) is 0 Å². The molecule has 0 saturated carbocycles. The van der Waals surface area contributed by atoms with Crippen molar-refractivity contribution < 1.29 is 4.74 Å². The second-order valence-corrected chi connectivity index (χ2v) is 6.03. The van der Waals surface area contributed by atoms with E-state index in [-0.39, 0.29) is 12.1 Å². The van der Waals surface area contributed by atoms with Gasteiger partial charge in [0.1, 0.15) is 5.75 Å². The molecule has 2 N–H and O–H groups in total. The Hall–Kier alpha value is -0.580. The molecule has 1 aliphatic rings. The number of halogens is 1. The predicted octanol–water partition coefficient (Wildman–Crippen LogP) is 3.33. The van der Waals surface area contributed by atoms with Crippen LogP contribution in [-0.2, 0) is 0 Å². The van der Waals surface area contributed by atoms with Gasteiger partial charge in [-0.15, -0.1) is 0 Å². The highest BCUT2D eigenvalue weighted by molar-refractivity contribution is 9.10. The predicted molar refractivity (Wildman–Crippen MR) is 82.5 cm³/mol. The summed E-state index contributed by atoms with van der Waals surface area (Å²) in [4.78, 5) is 2.51. The molecule has 0 spiro atoms. The van der Waals surface area contributed by atoms with E-state index in [4.69, 9.17) is 10.5 Å². The lowest BCUT2D eigenvalue weighted by Gasteiger charge is -2.40. The van der Waals surface area contributed by atoms with Gasteiger partial charge in [-0.3, -0.25) is 4.90 Å². The van der Waals surface area contributed by atoms with E-state index in [9.17, 15) is 0 Å². The fraction of sp³-hybridized carbons (Fsp3) is 0.600. The van der Waals surface area contributed by atoms with Gasteiger partial charge in [0.15, 0.2) is 0 Å². The Morgan fingerprint density at radius 3 is 2.95 bits per heavy atom. The molecule has 106 valence electrons. The summed E-state index contributed by atoms with van der Waals surface area (Å²) in [6.45, 7) is 4.45. The fourth-order valence-corrected chi connectivity index (χ4v) is 3.42. The molecule has 2 rings (SSSR count). The van der Waals surface area contributed by atoms with Crippen molar-refractivity contribution in [2.45, 2.75) is 38.3 Å². The molecule has 0 radical (unpaired) electrons. The maximum absolute atomic E-state index is 6.39. The number of rotatable bonds is 4. The number of nitrogens with zero attached hydrogens (tertiary/aromatic N) is 1. The normalized spacial score (nSPS) is 24.4. The number of hydrogen-bond donors (Lipinski definition) is 1. The average molecular weight is 327 g/mol. The van der Waals surface area contributed by atoms with Gasteiger partial charge >= 0.3 is 0 Å². The first kappa shape index (κ1) is 14.8. The van der Waals surface area contributed by atoms with Gasteiger partial charge < -0.3 is 10.5 Å². The van der Waals surface area contributed by atoms with E-state index in [2.05, 4.69) is 39.9 Å². The summed E-state index contributed by atoms with van der Waals surface area (Å²) in [5, 5.41) is 0. The smallest absolute Gasteiger partial charge is 0.119 e. The highest BCUT2D eigenvalue weighted by atomic mass is 79.9. The summed E-state index contributed by atoms with van der Waals surface area (Å²) in [7, 11) is 1.71. The molecule has 0 aromatic heterocycles.